The maximum atomic E-state index is 5.93. The standard InChI is InChI=1S/C11H28N2O3Si/c1-5-14-17(15-6-2,9-7-8-12)16-10-11(3,4)13/h5-10,12-13H2,1-4H3. The highest BCUT2D eigenvalue weighted by atomic mass is 28.4. The Morgan fingerprint density at radius 2 is 1.59 bits per heavy atom. The lowest BCUT2D eigenvalue weighted by molar-refractivity contribution is 0.0533. The Morgan fingerprint density at radius 3 is 1.94 bits per heavy atom. The molecule has 4 N–H and O–H groups in total. The van der Waals surface area contributed by atoms with E-state index in [0.29, 0.717) is 26.4 Å². The molecule has 0 amide bonds. The largest absolute Gasteiger partial charge is 0.501 e. The van der Waals surface area contributed by atoms with Crippen LogP contribution in [0, 0.1) is 0 Å². The fourth-order valence-corrected chi connectivity index (χ4v) is 4.19. The van der Waals surface area contributed by atoms with Crippen molar-refractivity contribution in [3.05, 3.63) is 0 Å². The molecule has 6 heteroatoms. The molecule has 0 radical (unpaired) electrons. The predicted molar refractivity (Wildman–Crippen MR) is 71.7 cm³/mol. The number of rotatable bonds is 10. The van der Waals surface area contributed by atoms with Gasteiger partial charge in [-0.2, -0.15) is 0 Å². The lowest BCUT2D eigenvalue weighted by Crippen LogP contribution is -2.51. The normalized spacial score (nSPS) is 13.1. The molecule has 0 aliphatic rings. The molecule has 5 nitrogen and oxygen atoms in total. The maximum absolute atomic E-state index is 5.93. The van der Waals surface area contributed by atoms with Crippen molar-refractivity contribution in [2.45, 2.75) is 45.7 Å². The highest BCUT2D eigenvalue weighted by Gasteiger charge is 2.41. The highest BCUT2D eigenvalue weighted by molar-refractivity contribution is 6.60. The van der Waals surface area contributed by atoms with Gasteiger partial charge in [0.1, 0.15) is 0 Å². The van der Waals surface area contributed by atoms with Crippen LogP contribution in [0.1, 0.15) is 34.1 Å². The van der Waals surface area contributed by atoms with Crippen molar-refractivity contribution in [1.82, 2.24) is 0 Å². The first-order valence-electron chi connectivity index (χ1n) is 6.30. The Bertz CT molecular complexity index is 192. The summed E-state index contributed by atoms with van der Waals surface area (Å²) in [5.41, 5.74) is 11.1. The SMILES string of the molecule is CCO[Si](CCCN)(OCC)OCC(C)(C)N. The van der Waals surface area contributed by atoms with Gasteiger partial charge in [-0.25, -0.2) is 0 Å². The van der Waals surface area contributed by atoms with Crippen molar-refractivity contribution >= 4 is 8.80 Å². The Hall–Kier alpha value is 0.0169. The zero-order valence-corrected chi connectivity index (χ0v) is 12.6. The van der Waals surface area contributed by atoms with E-state index >= 15 is 0 Å². The number of nitrogens with two attached hydrogens (primary N) is 2. The van der Waals surface area contributed by atoms with Crippen molar-refractivity contribution in [3.8, 4) is 0 Å². The molecule has 0 rings (SSSR count). The maximum Gasteiger partial charge on any atom is 0.501 e. The molecule has 0 spiro atoms. The summed E-state index contributed by atoms with van der Waals surface area (Å²) in [5, 5.41) is 0. The van der Waals surface area contributed by atoms with E-state index in [-0.39, 0.29) is 5.54 Å². The van der Waals surface area contributed by atoms with Gasteiger partial charge in [-0.3, -0.25) is 0 Å². The Kier molecular flexibility index (Phi) is 8.19. The van der Waals surface area contributed by atoms with Gasteiger partial charge in [-0.15, -0.1) is 0 Å². The van der Waals surface area contributed by atoms with Crippen LogP contribution in [-0.4, -0.2) is 40.7 Å². The highest BCUT2D eigenvalue weighted by Crippen LogP contribution is 2.19. The average molecular weight is 264 g/mol. The van der Waals surface area contributed by atoms with Gasteiger partial charge in [0, 0.05) is 24.8 Å². The molecule has 0 aromatic rings. The van der Waals surface area contributed by atoms with Crippen LogP contribution in [0.2, 0.25) is 6.04 Å². The van der Waals surface area contributed by atoms with Gasteiger partial charge in [0.15, 0.2) is 0 Å². The summed E-state index contributed by atoms with van der Waals surface area (Å²) >= 11 is 0. The minimum absolute atomic E-state index is 0.380. The van der Waals surface area contributed by atoms with E-state index in [9.17, 15) is 0 Å². The zero-order chi connectivity index (χ0) is 13.4. The fourth-order valence-electron chi connectivity index (χ4n) is 1.40. The van der Waals surface area contributed by atoms with Gasteiger partial charge in [-0.05, 0) is 40.7 Å². The minimum atomic E-state index is -2.59. The Morgan fingerprint density at radius 1 is 1.06 bits per heavy atom. The van der Waals surface area contributed by atoms with Gasteiger partial charge in [0.2, 0.25) is 0 Å². The van der Waals surface area contributed by atoms with Crippen molar-refractivity contribution in [1.29, 1.82) is 0 Å². The summed E-state index contributed by atoms with van der Waals surface area (Å²) in [5.74, 6) is 0. The van der Waals surface area contributed by atoms with Crippen LogP contribution in [0.25, 0.3) is 0 Å². The van der Waals surface area contributed by atoms with Gasteiger partial charge in [0.05, 0.1) is 6.61 Å². The van der Waals surface area contributed by atoms with E-state index in [1.165, 1.54) is 0 Å². The quantitative estimate of drug-likeness (QED) is 0.578. The third-order valence-electron chi connectivity index (χ3n) is 2.08. The van der Waals surface area contributed by atoms with E-state index in [2.05, 4.69) is 0 Å². The first-order chi connectivity index (χ1) is 7.89. The predicted octanol–water partition coefficient (Wildman–Crippen LogP) is 1.10. The van der Waals surface area contributed by atoms with Gasteiger partial charge >= 0.3 is 8.80 Å². The topological polar surface area (TPSA) is 79.7 Å². The molecule has 104 valence electrons. The molecule has 0 aromatic heterocycles. The van der Waals surface area contributed by atoms with Gasteiger partial charge in [-0.1, -0.05) is 0 Å². The fraction of sp³-hybridized carbons (Fsp3) is 1.00. The van der Waals surface area contributed by atoms with Crippen LogP contribution in [0.4, 0.5) is 0 Å². The summed E-state index contributed by atoms with van der Waals surface area (Å²) in [7, 11) is -2.59. The second-order valence-corrected chi connectivity index (χ2v) is 7.45. The van der Waals surface area contributed by atoms with Crippen LogP contribution in [0.15, 0.2) is 0 Å². The van der Waals surface area contributed by atoms with Crippen molar-refractivity contribution in [2.24, 2.45) is 11.5 Å². The molecule has 0 unspecified atom stereocenters. The smallest absolute Gasteiger partial charge is 0.374 e. The van der Waals surface area contributed by atoms with E-state index in [4.69, 9.17) is 24.7 Å². The molecule has 0 bridgehead atoms. The van der Waals surface area contributed by atoms with Crippen LogP contribution in [0.3, 0.4) is 0 Å². The summed E-state index contributed by atoms with van der Waals surface area (Å²) in [6.07, 6.45) is 0.844. The second-order valence-electron chi connectivity index (χ2n) is 4.72. The first-order valence-corrected chi connectivity index (χ1v) is 8.23. The molecule has 0 saturated carbocycles. The Balaban J connectivity index is 4.51. The summed E-state index contributed by atoms with van der Waals surface area (Å²) in [4.78, 5) is 0. The van der Waals surface area contributed by atoms with Crippen LogP contribution in [0.5, 0.6) is 0 Å². The van der Waals surface area contributed by atoms with Crippen molar-refractivity contribution < 1.29 is 13.3 Å². The monoisotopic (exact) mass is 264 g/mol. The molecule has 17 heavy (non-hydrogen) atoms. The van der Waals surface area contributed by atoms with Crippen LogP contribution in [-0.2, 0) is 13.3 Å². The third kappa shape index (κ3) is 7.85. The molecular formula is C11H28N2O3Si. The summed E-state index contributed by atoms with van der Waals surface area (Å²) in [6, 6.07) is 0.751. The van der Waals surface area contributed by atoms with E-state index in [1.54, 1.807) is 0 Å². The second kappa shape index (κ2) is 8.18. The van der Waals surface area contributed by atoms with Crippen molar-refractivity contribution in [2.75, 3.05) is 26.4 Å². The van der Waals surface area contributed by atoms with Gasteiger partial charge in [0.25, 0.3) is 0 Å². The summed E-state index contributed by atoms with van der Waals surface area (Å²) in [6.45, 7) is 9.96. The minimum Gasteiger partial charge on any atom is -0.374 e. The zero-order valence-electron chi connectivity index (χ0n) is 11.6. The molecule has 0 heterocycles. The van der Waals surface area contributed by atoms with Gasteiger partial charge < -0.3 is 24.7 Å². The van der Waals surface area contributed by atoms with E-state index in [1.807, 2.05) is 27.7 Å². The molecular weight excluding hydrogens is 236 g/mol. The third-order valence-corrected chi connectivity index (χ3v) is 5.09. The average Bonchev–Trinajstić information content (AvgIpc) is 2.23. The molecule has 0 aliphatic heterocycles. The van der Waals surface area contributed by atoms with Crippen LogP contribution < -0.4 is 11.5 Å². The lowest BCUT2D eigenvalue weighted by Gasteiger charge is -2.31. The molecule has 0 aromatic carbocycles. The molecule has 0 atom stereocenters. The van der Waals surface area contributed by atoms with Crippen LogP contribution >= 0.6 is 0 Å². The molecule has 0 aliphatic carbocycles. The number of hydrogen-bond donors (Lipinski definition) is 2. The molecule has 0 saturated heterocycles. The Labute approximate surface area is 106 Å². The van der Waals surface area contributed by atoms with E-state index < -0.39 is 8.80 Å². The first kappa shape index (κ1) is 17.0. The molecule has 0 fully saturated rings. The number of hydrogen-bond acceptors (Lipinski definition) is 5. The van der Waals surface area contributed by atoms with E-state index in [0.717, 1.165) is 12.5 Å². The lowest BCUT2D eigenvalue weighted by atomic mass is 10.1. The summed E-state index contributed by atoms with van der Waals surface area (Å²) < 4.78 is 17.4. The van der Waals surface area contributed by atoms with Crippen molar-refractivity contribution in [3.63, 3.8) is 0 Å².